The Balaban J connectivity index is 1.73. The fraction of sp³-hybridized carbons (Fsp3) is 0.312. The summed E-state index contributed by atoms with van der Waals surface area (Å²) in [6.07, 6.45) is 0. The van der Waals surface area contributed by atoms with Crippen molar-refractivity contribution in [3.05, 3.63) is 43.9 Å². The van der Waals surface area contributed by atoms with Crippen LogP contribution in [0.5, 0.6) is 0 Å². The van der Waals surface area contributed by atoms with E-state index in [1.54, 1.807) is 34.8 Å². The lowest BCUT2D eigenvalue weighted by atomic mass is 9.93. The number of likely N-dealkylation sites (N-methyl/N-ethyl adjacent to an activating group) is 1. The van der Waals surface area contributed by atoms with Crippen molar-refractivity contribution >= 4 is 51.2 Å². The first-order valence-electron chi connectivity index (χ1n) is 7.36. The molecule has 128 valence electrons. The van der Waals surface area contributed by atoms with E-state index in [2.05, 4.69) is 10.6 Å². The molecule has 1 aromatic heterocycles. The molecule has 0 bridgehead atoms. The molecule has 0 atom stereocenters. The summed E-state index contributed by atoms with van der Waals surface area (Å²) >= 11 is 3.42. The summed E-state index contributed by atoms with van der Waals surface area (Å²) in [6, 6.07) is 4.88. The molecule has 3 rings (SSSR count). The van der Waals surface area contributed by atoms with Crippen LogP contribution in [0.3, 0.4) is 0 Å². The van der Waals surface area contributed by atoms with Gasteiger partial charge in [-0.1, -0.05) is 0 Å². The van der Waals surface area contributed by atoms with Gasteiger partial charge < -0.3 is 20.6 Å². The summed E-state index contributed by atoms with van der Waals surface area (Å²) < 4.78 is 14.8. The number of nitrogens with one attached hydrogen (secondary N) is 2. The zero-order valence-corrected chi connectivity index (χ0v) is 15.9. The van der Waals surface area contributed by atoms with Crippen molar-refractivity contribution in [3.63, 3.8) is 0 Å². The molecule has 1 aliphatic heterocycles. The van der Waals surface area contributed by atoms with Gasteiger partial charge in [0.15, 0.2) is 0 Å². The number of benzene rings is 1. The number of thiophene rings is 1. The van der Waals surface area contributed by atoms with E-state index in [-0.39, 0.29) is 11.7 Å². The molecule has 3 N–H and O–H groups in total. The molecule has 24 heavy (non-hydrogen) atoms. The third kappa shape index (κ3) is 3.56. The highest BCUT2D eigenvalue weighted by Crippen LogP contribution is 2.30. The highest BCUT2D eigenvalue weighted by Gasteiger charge is 2.43. The molecule has 2 heterocycles. The van der Waals surface area contributed by atoms with Crippen molar-refractivity contribution in [3.8, 4) is 0 Å². The summed E-state index contributed by atoms with van der Waals surface area (Å²) in [5.41, 5.74) is 0.535. The number of hydrogen-bond acceptors (Lipinski definition) is 5. The van der Waals surface area contributed by atoms with Gasteiger partial charge in [0.25, 0.3) is 5.91 Å². The maximum absolute atomic E-state index is 14.0. The minimum absolute atomic E-state index is 0.162. The number of likely N-dealkylation sites (tertiary alicyclic amines) is 1. The van der Waals surface area contributed by atoms with Crippen molar-refractivity contribution in [2.45, 2.75) is 5.60 Å². The molecule has 1 aromatic carbocycles. The number of carbonyl (C=O) groups is 1. The van der Waals surface area contributed by atoms with Crippen LogP contribution in [0.2, 0.25) is 0 Å². The highest BCUT2D eigenvalue weighted by molar-refractivity contribution is 14.1. The predicted octanol–water partition coefficient (Wildman–Crippen LogP) is 2.64. The van der Waals surface area contributed by atoms with Crippen molar-refractivity contribution in [1.82, 2.24) is 10.2 Å². The summed E-state index contributed by atoms with van der Waals surface area (Å²) in [5, 5.41) is 19.6. The number of aliphatic hydroxyl groups is 1. The van der Waals surface area contributed by atoms with Crippen molar-refractivity contribution < 1.29 is 14.3 Å². The minimum Gasteiger partial charge on any atom is -0.385 e. The van der Waals surface area contributed by atoms with E-state index < -0.39 is 5.60 Å². The van der Waals surface area contributed by atoms with Gasteiger partial charge in [0.2, 0.25) is 0 Å². The van der Waals surface area contributed by atoms with Crippen LogP contribution in [0.4, 0.5) is 15.8 Å². The van der Waals surface area contributed by atoms with Crippen molar-refractivity contribution in [2.75, 3.05) is 32.0 Å². The second-order valence-corrected chi connectivity index (χ2v) is 7.85. The summed E-state index contributed by atoms with van der Waals surface area (Å²) in [5.74, 6) is -0.524. The molecular weight excluding hydrogens is 444 g/mol. The highest BCUT2D eigenvalue weighted by atomic mass is 127. The average Bonchev–Trinajstić information content (AvgIpc) is 2.95. The molecule has 1 fully saturated rings. The number of hydrogen-bond donors (Lipinski definition) is 3. The monoisotopic (exact) mass is 461 g/mol. The lowest BCUT2D eigenvalue weighted by Crippen LogP contribution is -2.67. The lowest BCUT2D eigenvalue weighted by molar-refractivity contribution is -0.0775. The Kier molecular flexibility index (Phi) is 5.09. The zero-order valence-electron chi connectivity index (χ0n) is 13.0. The van der Waals surface area contributed by atoms with Crippen LogP contribution in [0, 0.1) is 9.39 Å². The van der Waals surface area contributed by atoms with Gasteiger partial charge in [-0.25, -0.2) is 4.39 Å². The largest absolute Gasteiger partial charge is 0.385 e. The topological polar surface area (TPSA) is 64.6 Å². The van der Waals surface area contributed by atoms with Gasteiger partial charge in [-0.15, -0.1) is 11.3 Å². The molecule has 0 saturated carbocycles. The molecule has 0 radical (unpaired) electrons. The Labute approximate surface area is 157 Å². The summed E-state index contributed by atoms with van der Waals surface area (Å²) in [6.45, 7) is 1.03. The maximum atomic E-state index is 14.0. The fourth-order valence-corrected chi connectivity index (χ4v) is 3.92. The Morgan fingerprint density at radius 3 is 2.83 bits per heavy atom. The smallest absolute Gasteiger partial charge is 0.257 e. The second kappa shape index (κ2) is 6.95. The Bertz CT molecular complexity index is 762. The van der Waals surface area contributed by atoms with Crippen LogP contribution in [0.25, 0.3) is 0 Å². The molecule has 2 aromatic rings. The van der Waals surface area contributed by atoms with Crippen molar-refractivity contribution in [1.29, 1.82) is 0 Å². The number of β-amino-alcohol motifs (C(OH)–C–C–N with tert-alkyl or cyclic N) is 1. The van der Waals surface area contributed by atoms with Crippen molar-refractivity contribution in [2.24, 2.45) is 0 Å². The molecule has 1 amide bonds. The molecule has 0 aliphatic carbocycles. The normalized spacial score (nSPS) is 15.9. The predicted molar refractivity (Wildman–Crippen MR) is 101 cm³/mol. The molecule has 0 unspecified atom stereocenters. The SMILES string of the molecule is CNCC1(O)CN(C(=O)c2cscc2Nc2ccc(I)cc2F)C1. The molecule has 0 spiro atoms. The van der Waals surface area contributed by atoms with Crippen LogP contribution in [-0.2, 0) is 0 Å². The van der Waals surface area contributed by atoms with Gasteiger partial charge in [0.1, 0.15) is 11.4 Å². The third-order valence-electron chi connectivity index (χ3n) is 3.86. The molecular formula is C16H17FIN3O2S. The first kappa shape index (κ1) is 17.6. The summed E-state index contributed by atoms with van der Waals surface area (Å²) in [4.78, 5) is 14.2. The maximum Gasteiger partial charge on any atom is 0.257 e. The van der Waals surface area contributed by atoms with Crippen LogP contribution < -0.4 is 10.6 Å². The van der Waals surface area contributed by atoms with Gasteiger partial charge in [-0.2, -0.15) is 0 Å². The molecule has 8 heteroatoms. The van der Waals surface area contributed by atoms with E-state index in [1.165, 1.54) is 17.4 Å². The number of carbonyl (C=O) groups excluding carboxylic acids is 1. The molecule has 5 nitrogen and oxygen atoms in total. The standard InChI is InChI=1S/C16H17FIN3O2S/c1-19-7-16(23)8-21(9-16)15(22)11-5-24-6-14(11)20-13-3-2-10(18)4-12(13)17/h2-6,19-20,23H,7-9H2,1H3. The van der Waals surface area contributed by atoms with E-state index in [4.69, 9.17) is 0 Å². The van der Waals surface area contributed by atoms with Crippen LogP contribution in [-0.4, -0.2) is 48.2 Å². The van der Waals surface area contributed by atoms with Crippen LogP contribution >= 0.6 is 33.9 Å². The average molecular weight is 461 g/mol. The number of halogens is 2. The van der Waals surface area contributed by atoms with Gasteiger partial charge in [0.05, 0.1) is 30.0 Å². The Hall–Kier alpha value is -1.23. The summed E-state index contributed by atoms with van der Waals surface area (Å²) in [7, 11) is 1.76. The van der Waals surface area contributed by atoms with Gasteiger partial charge in [0, 0.05) is 20.9 Å². The third-order valence-corrected chi connectivity index (χ3v) is 5.27. The molecule has 1 aliphatic rings. The second-order valence-electron chi connectivity index (χ2n) is 5.86. The Morgan fingerprint density at radius 2 is 2.17 bits per heavy atom. The van der Waals surface area contributed by atoms with Gasteiger partial charge in [-0.3, -0.25) is 4.79 Å². The fourth-order valence-electron chi connectivity index (χ4n) is 2.71. The van der Waals surface area contributed by atoms with Gasteiger partial charge in [-0.05, 0) is 47.8 Å². The Morgan fingerprint density at radius 1 is 1.42 bits per heavy atom. The number of anilines is 2. The first-order chi connectivity index (χ1) is 11.4. The van der Waals surface area contributed by atoms with Crippen LogP contribution in [0.15, 0.2) is 29.0 Å². The lowest BCUT2D eigenvalue weighted by Gasteiger charge is -2.46. The number of nitrogens with zero attached hydrogens (tertiary/aromatic N) is 1. The zero-order chi connectivity index (χ0) is 17.3. The quantitative estimate of drug-likeness (QED) is 0.600. The van der Waals surface area contributed by atoms with Gasteiger partial charge >= 0.3 is 0 Å². The van der Waals surface area contributed by atoms with E-state index in [9.17, 15) is 14.3 Å². The first-order valence-corrected chi connectivity index (χ1v) is 9.38. The van der Waals surface area contributed by atoms with E-state index in [0.717, 1.165) is 3.57 Å². The number of rotatable bonds is 5. The van der Waals surface area contributed by atoms with Crippen LogP contribution in [0.1, 0.15) is 10.4 Å². The van der Waals surface area contributed by atoms with E-state index in [1.807, 2.05) is 22.6 Å². The van der Waals surface area contributed by atoms with E-state index in [0.29, 0.717) is 36.6 Å². The minimum atomic E-state index is -0.865. The molecule has 1 saturated heterocycles. The van der Waals surface area contributed by atoms with E-state index >= 15 is 0 Å². The number of amides is 1.